The maximum Gasteiger partial charge on any atom is 0.0724 e. The Labute approximate surface area is 137 Å². The van der Waals surface area contributed by atoms with Gasteiger partial charge in [-0.3, -0.25) is 0 Å². The summed E-state index contributed by atoms with van der Waals surface area (Å²) in [7, 11) is 0. The first-order valence-electron chi connectivity index (χ1n) is 9.34. The van der Waals surface area contributed by atoms with E-state index < -0.39 is 0 Å². The van der Waals surface area contributed by atoms with Crippen LogP contribution < -0.4 is 0 Å². The van der Waals surface area contributed by atoms with Gasteiger partial charge in [0.15, 0.2) is 0 Å². The largest absolute Gasteiger partial charge is 0.389 e. The Morgan fingerprint density at radius 2 is 1.77 bits per heavy atom. The van der Waals surface area contributed by atoms with Gasteiger partial charge in [0.1, 0.15) is 0 Å². The highest BCUT2D eigenvalue weighted by Gasteiger charge is 2.57. The number of allylic oxidation sites excluding steroid dienone is 1. The molecule has 4 aliphatic rings. The van der Waals surface area contributed by atoms with Crippen molar-refractivity contribution in [2.75, 3.05) is 0 Å². The molecular weight excluding hydrogens is 268 g/mol. The summed E-state index contributed by atoms with van der Waals surface area (Å²) in [6.07, 6.45) is 12.8. The maximum absolute atomic E-state index is 10.0. The fourth-order valence-electron chi connectivity index (χ4n) is 6.97. The zero-order valence-electron chi connectivity index (χ0n) is 14.1. The Balaban J connectivity index is 0.00000144. The quantitative estimate of drug-likeness (QED) is 0.579. The zero-order valence-corrected chi connectivity index (χ0v) is 14.1. The number of aliphatic hydroxyl groups is 1. The van der Waals surface area contributed by atoms with E-state index in [9.17, 15) is 5.11 Å². The van der Waals surface area contributed by atoms with Gasteiger partial charge in [-0.1, -0.05) is 39.8 Å². The summed E-state index contributed by atoms with van der Waals surface area (Å²) in [4.78, 5) is 0. The molecule has 0 radical (unpaired) electrons. The van der Waals surface area contributed by atoms with Gasteiger partial charge in [-0.05, 0) is 85.9 Å². The molecule has 0 heterocycles. The third-order valence-electron chi connectivity index (χ3n) is 8.56. The summed E-state index contributed by atoms with van der Waals surface area (Å²) in [6, 6.07) is 0. The van der Waals surface area contributed by atoms with Crippen LogP contribution in [-0.2, 0) is 0 Å². The second-order valence-electron chi connectivity index (χ2n) is 9.15. The third-order valence-corrected chi connectivity index (χ3v) is 8.56. The van der Waals surface area contributed by atoms with E-state index in [1.54, 1.807) is 5.57 Å². The van der Waals surface area contributed by atoms with E-state index in [-0.39, 0.29) is 13.5 Å². The van der Waals surface area contributed by atoms with E-state index in [1.807, 2.05) is 0 Å². The van der Waals surface area contributed by atoms with Gasteiger partial charge in [-0.2, -0.15) is 0 Å². The molecule has 1 N–H and O–H groups in total. The van der Waals surface area contributed by atoms with Crippen LogP contribution in [0.1, 0.15) is 79.6 Å². The van der Waals surface area contributed by atoms with Crippen molar-refractivity contribution < 1.29 is 5.11 Å². The second kappa shape index (κ2) is 5.36. The molecule has 4 rings (SSSR count). The van der Waals surface area contributed by atoms with E-state index in [0.717, 1.165) is 30.1 Å². The Morgan fingerprint density at radius 1 is 1.00 bits per heavy atom. The molecule has 0 aromatic heterocycles. The predicted molar refractivity (Wildman–Crippen MR) is 93.6 cm³/mol. The van der Waals surface area contributed by atoms with E-state index in [0.29, 0.717) is 10.8 Å². The summed E-state index contributed by atoms with van der Waals surface area (Å²) in [5.74, 6) is 3.78. The number of rotatable bonds is 0. The number of fused-ring (bicyclic) bond motifs is 5. The SMILES string of the molecule is C.C[C@H]1CCC2C3CCC4=C[C@H](O)CC[C@]4(C)C3CC[C@@]21C. The van der Waals surface area contributed by atoms with Crippen molar-refractivity contribution in [2.24, 2.45) is 34.5 Å². The summed E-state index contributed by atoms with van der Waals surface area (Å²) in [5.41, 5.74) is 2.65. The molecule has 3 fully saturated rings. The zero-order chi connectivity index (χ0) is 14.8. The lowest BCUT2D eigenvalue weighted by molar-refractivity contribution is -0.0528. The summed E-state index contributed by atoms with van der Waals surface area (Å²) in [5, 5.41) is 10.0. The van der Waals surface area contributed by atoms with E-state index in [2.05, 4.69) is 26.8 Å². The van der Waals surface area contributed by atoms with Crippen LogP contribution in [-0.4, -0.2) is 11.2 Å². The van der Waals surface area contributed by atoms with Crippen molar-refractivity contribution in [1.29, 1.82) is 0 Å². The smallest absolute Gasteiger partial charge is 0.0724 e. The molecule has 1 nitrogen and oxygen atoms in total. The summed E-state index contributed by atoms with van der Waals surface area (Å²) >= 11 is 0. The predicted octanol–water partition coefficient (Wildman–Crippen LogP) is 5.58. The minimum absolute atomic E-state index is 0. The first-order chi connectivity index (χ1) is 9.95. The molecule has 0 spiro atoms. The van der Waals surface area contributed by atoms with Crippen molar-refractivity contribution in [3.05, 3.63) is 11.6 Å². The van der Waals surface area contributed by atoms with E-state index >= 15 is 0 Å². The molecule has 3 unspecified atom stereocenters. The average molecular weight is 305 g/mol. The van der Waals surface area contributed by atoms with Crippen LogP contribution in [0, 0.1) is 34.5 Å². The van der Waals surface area contributed by atoms with E-state index in [1.165, 1.54) is 44.9 Å². The molecule has 0 saturated heterocycles. The normalized spacial score (nSPS) is 53.6. The standard InChI is InChI=1S/C20H32O.CH4/c1-13-4-7-17-16-6-5-14-12-15(21)8-10-20(14,3)18(16)9-11-19(13,17)2;/h12-13,15-18,21H,4-11H2,1-3H3;1H4/t13-,15+,16?,17?,18?,19+,20-;/m0./s1. The van der Waals surface area contributed by atoms with Gasteiger partial charge in [-0.15, -0.1) is 0 Å². The van der Waals surface area contributed by atoms with Gasteiger partial charge in [0.2, 0.25) is 0 Å². The summed E-state index contributed by atoms with van der Waals surface area (Å²) in [6.45, 7) is 7.64. The molecule has 1 heteroatoms. The molecule has 0 bridgehead atoms. The first-order valence-corrected chi connectivity index (χ1v) is 9.34. The summed E-state index contributed by atoms with van der Waals surface area (Å²) < 4.78 is 0. The molecule has 0 aliphatic heterocycles. The molecule has 4 aliphatic carbocycles. The van der Waals surface area contributed by atoms with E-state index in [4.69, 9.17) is 0 Å². The first kappa shape index (κ1) is 16.6. The third kappa shape index (κ3) is 2.07. The molecular formula is C21H36O. The van der Waals surface area contributed by atoms with Crippen LogP contribution >= 0.6 is 0 Å². The Hall–Kier alpha value is -0.300. The molecule has 3 saturated carbocycles. The fraction of sp³-hybridized carbons (Fsp3) is 0.905. The maximum atomic E-state index is 10.0. The molecule has 0 aromatic rings. The highest BCUT2D eigenvalue weighted by Crippen LogP contribution is 2.66. The highest BCUT2D eigenvalue weighted by molar-refractivity contribution is 5.25. The molecule has 0 aromatic carbocycles. The molecule has 0 amide bonds. The number of hydrogen-bond donors (Lipinski definition) is 1. The molecule has 22 heavy (non-hydrogen) atoms. The highest BCUT2D eigenvalue weighted by atomic mass is 16.3. The fourth-order valence-corrected chi connectivity index (χ4v) is 6.97. The number of hydrogen-bond acceptors (Lipinski definition) is 1. The Kier molecular flexibility index (Phi) is 4.04. The van der Waals surface area contributed by atoms with Crippen molar-refractivity contribution in [2.45, 2.75) is 85.7 Å². The lowest BCUT2D eigenvalue weighted by atomic mass is 9.47. The minimum atomic E-state index is -0.162. The van der Waals surface area contributed by atoms with Crippen LogP contribution in [0.4, 0.5) is 0 Å². The topological polar surface area (TPSA) is 20.2 Å². The average Bonchev–Trinajstić information content (AvgIpc) is 2.76. The van der Waals surface area contributed by atoms with Gasteiger partial charge in [0.05, 0.1) is 6.10 Å². The molecule has 126 valence electrons. The lowest BCUT2D eigenvalue weighted by Crippen LogP contribution is -2.50. The number of aliphatic hydroxyl groups excluding tert-OH is 1. The van der Waals surface area contributed by atoms with Crippen LogP contribution in [0.2, 0.25) is 0 Å². The van der Waals surface area contributed by atoms with Crippen LogP contribution in [0.3, 0.4) is 0 Å². The van der Waals surface area contributed by atoms with Gasteiger partial charge in [0, 0.05) is 0 Å². The van der Waals surface area contributed by atoms with Crippen LogP contribution in [0.15, 0.2) is 11.6 Å². The van der Waals surface area contributed by atoms with Crippen molar-refractivity contribution >= 4 is 0 Å². The van der Waals surface area contributed by atoms with Crippen molar-refractivity contribution in [1.82, 2.24) is 0 Å². The van der Waals surface area contributed by atoms with Gasteiger partial charge in [0.25, 0.3) is 0 Å². The Bertz CT molecular complexity index is 467. The van der Waals surface area contributed by atoms with Gasteiger partial charge in [-0.25, -0.2) is 0 Å². The lowest BCUT2D eigenvalue weighted by Gasteiger charge is -2.58. The van der Waals surface area contributed by atoms with Crippen molar-refractivity contribution in [3.8, 4) is 0 Å². The monoisotopic (exact) mass is 304 g/mol. The van der Waals surface area contributed by atoms with Gasteiger partial charge >= 0.3 is 0 Å². The van der Waals surface area contributed by atoms with Crippen LogP contribution in [0.25, 0.3) is 0 Å². The molecule has 7 atom stereocenters. The second-order valence-corrected chi connectivity index (χ2v) is 9.15. The van der Waals surface area contributed by atoms with Crippen molar-refractivity contribution in [3.63, 3.8) is 0 Å². The Morgan fingerprint density at radius 3 is 2.55 bits per heavy atom. The van der Waals surface area contributed by atoms with Crippen LogP contribution in [0.5, 0.6) is 0 Å². The van der Waals surface area contributed by atoms with Gasteiger partial charge < -0.3 is 5.11 Å². The minimum Gasteiger partial charge on any atom is -0.389 e.